The lowest BCUT2D eigenvalue weighted by atomic mass is 10.1. The molecule has 0 bridgehead atoms. The normalized spacial score (nSPS) is 11.4. The lowest BCUT2D eigenvalue weighted by Crippen LogP contribution is -2.09. The first-order valence-corrected chi connectivity index (χ1v) is 8.37. The highest BCUT2D eigenvalue weighted by molar-refractivity contribution is 7.22. The summed E-state index contributed by atoms with van der Waals surface area (Å²) in [5, 5.41) is 3.71. The fraction of sp³-hybridized carbons (Fsp3) is 0. The van der Waals surface area contributed by atoms with Crippen molar-refractivity contribution in [3.05, 3.63) is 76.7 Å². The van der Waals surface area contributed by atoms with Gasteiger partial charge in [-0.25, -0.2) is 4.98 Å². The Balaban J connectivity index is 1.56. The van der Waals surface area contributed by atoms with Crippen molar-refractivity contribution in [3.63, 3.8) is 0 Å². The van der Waals surface area contributed by atoms with Crippen molar-refractivity contribution in [1.82, 2.24) is 4.98 Å². The first-order chi connectivity index (χ1) is 12.2. The molecular formula is C19H12N2O3S. The maximum atomic E-state index is 12.4. The molecule has 0 spiro atoms. The first-order valence-electron chi connectivity index (χ1n) is 7.56. The molecule has 122 valence electrons. The summed E-state index contributed by atoms with van der Waals surface area (Å²) in [7, 11) is 0. The molecule has 2 aromatic heterocycles. The lowest BCUT2D eigenvalue weighted by Gasteiger charge is -1.98. The highest BCUT2D eigenvalue weighted by atomic mass is 32.1. The second-order valence-corrected chi connectivity index (χ2v) is 6.36. The van der Waals surface area contributed by atoms with Gasteiger partial charge in [-0.3, -0.25) is 14.9 Å². The summed E-state index contributed by atoms with van der Waals surface area (Å²) >= 11 is 1.40. The number of fused-ring (bicyclic) bond motifs is 2. The third-order valence-electron chi connectivity index (χ3n) is 3.65. The van der Waals surface area contributed by atoms with Gasteiger partial charge in [-0.05, 0) is 30.3 Å². The van der Waals surface area contributed by atoms with Crippen LogP contribution in [0.3, 0.4) is 0 Å². The number of carbonyl (C=O) groups excluding carboxylic acids is 1. The minimum Gasteiger partial charge on any atom is -0.463 e. The number of carbonyl (C=O) groups is 1. The number of benzene rings is 2. The quantitative estimate of drug-likeness (QED) is 0.567. The number of rotatable bonds is 3. The highest BCUT2D eigenvalue weighted by Gasteiger charge is 2.07. The van der Waals surface area contributed by atoms with E-state index in [9.17, 15) is 9.59 Å². The Labute approximate surface area is 146 Å². The van der Waals surface area contributed by atoms with E-state index >= 15 is 0 Å². The summed E-state index contributed by atoms with van der Waals surface area (Å²) in [4.78, 5) is 28.8. The van der Waals surface area contributed by atoms with Gasteiger partial charge in [0.2, 0.25) is 5.91 Å². The SMILES string of the molecule is O=C(/C=C/c1coc2ccccc2c1=O)Nc1nc2ccccc2s1. The molecule has 0 saturated heterocycles. The van der Waals surface area contributed by atoms with Crippen molar-refractivity contribution in [3.8, 4) is 0 Å². The van der Waals surface area contributed by atoms with Crippen molar-refractivity contribution in [2.45, 2.75) is 0 Å². The van der Waals surface area contributed by atoms with Crippen molar-refractivity contribution in [2.24, 2.45) is 0 Å². The smallest absolute Gasteiger partial charge is 0.250 e. The minimum atomic E-state index is -0.355. The van der Waals surface area contributed by atoms with Gasteiger partial charge in [0.25, 0.3) is 0 Å². The summed E-state index contributed by atoms with van der Waals surface area (Å²) in [6, 6.07) is 14.6. The average molecular weight is 348 g/mol. The number of aromatic nitrogens is 1. The third-order valence-corrected chi connectivity index (χ3v) is 4.60. The molecule has 0 aliphatic carbocycles. The molecule has 4 aromatic rings. The monoisotopic (exact) mass is 348 g/mol. The summed E-state index contributed by atoms with van der Waals surface area (Å²) < 4.78 is 6.42. The maximum Gasteiger partial charge on any atom is 0.250 e. The van der Waals surface area contributed by atoms with Crippen LogP contribution >= 0.6 is 11.3 Å². The average Bonchev–Trinajstić information content (AvgIpc) is 3.03. The fourth-order valence-corrected chi connectivity index (χ4v) is 3.31. The molecule has 0 saturated carbocycles. The van der Waals surface area contributed by atoms with E-state index in [1.165, 1.54) is 29.8 Å². The Kier molecular flexibility index (Phi) is 3.87. The van der Waals surface area contributed by atoms with Gasteiger partial charge in [-0.15, -0.1) is 0 Å². The number of amides is 1. The predicted molar refractivity (Wildman–Crippen MR) is 99.8 cm³/mol. The van der Waals surface area contributed by atoms with E-state index in [-0.39, 0.29) is 11.3 Å². The van der Waals surface area contributed by atoms with Crippen molar-refractivity contribution < 1.29 is 9.21 Å². The fourth-order valence-electron chi connectivity index (χ4n) is 2.45. The van der Waals surface area contributed by atoms with Crippen LogP contribution in [0.4, 0.5) is 5.13 Å². The molecule has 2 aromatic carbocycles. The standard InChI is InChI=1S/C19H12N2O3S/c22-17(21-19-20-14-6-2-4-8-16(14)25-19)10-9-12-11-24-15-7-3-1-5-13(15)18(12)23/h1-11H,(H,20,21,22)/b10-9+. The van der Waals surface area contributed by atoms with Crippen molar-refractivity contribution >= 4 is 49.6 Å². The topological polar surface area (TPSA) is 72.2 Å². The van der Waals surface area contributed by atoms with Gasteiger partial charge in [-0.2, -0.15) is 0 Å². The molecule has 6 heteroatoms. The molecule has 0 atom stereocenters. The van der Waals surface area contributed by atoms with Gasteiger partial charge < -0.3 is 4.42 Å². The van der Waals surface area contributed by atoms with Crippen LogP contribution in [0.5, 0.6) is 0 Å². The molecule has 4 rings (SSSR count). The Morgan fingerprint density at radius 2 is 1.92 bits per heavy atom. The van der Waals surface area contributed by atoms with Gasteiger partial charge in [0.05, 0.1) is 21.2 Å². The van der Waals surface area contributed by atoms with Crippen LogP contribution in [-0.2, 0) is 4.79 Å². The van der Waals surface area contributed by atoms with Gasteiger partial charge in [0.1, 0.15) is 11.8 Å². The molecule has 0 aliphatic heterocycles. The highest BCUT2D eigenvalue weighted by Crippen LogP contribution is 2.25. The Hall–Kier alpha value is -3.25. The van der Waals surface area contributed by atoms with E-state index in [2.05, 4.69) is 10.3 Å². The second-order valence-electron chi connectivity index (χ2n) is 5.33. The zero-order valence-electron chi connectivity index (χ0n) is 12.9. The number of thiazole rings is 1. The van der Waals surface area contributed by atoms with Crippen LogP contribution in [0.25, 0.3) is 27.3 Å². The minimum absolute atomic E-state index is 0.175. The number of para-hydroxylation sites is 2. The summed E-state index contributed by atoms with van der Waals surface area (Å²) in [5.74, 6) is -0.355. The van der Waals surface area contributed by atoms with Gasteiger partial charge >= 0.3 is 0 Å². The zero-order valence-corrected chi connectivity index (χ0v) is 13.7. The lowest BCUT2D eigenvalue weighted by molar-refractivity contribution is -0.111. The van der Waals surface area contributed by atoms with E-state index in [1.54, 1.807) is 24.3 Å². The van der Waals surface area contributed by atoms with Crippen LogP contribution in [0, 0.1) is 0 Å². The molecule has 0 aliphatic rings. The predicted octanol–water partition coefficient (Wildman–Crippen LogP) is 4.05. The number of hydrogen-bond acceptors (Lipinski definition) is 5. The van der Waals surface area contributed by atoms with Crippen LogP contribution in [0.1, 0.15) is 5.56 Å². The van der Waals surface area contributed by atoms with E-state index in [0.717, 1.165) is 10.2 Å². The van der Waals surface area contributed by atoms with Gasteiger partial charge in [0, 0.05) is 6.08 Å². The van der Waals surface area contributed by atoms with E-state index in [4.69, 9.17) is 4.42 Å². The van der Waals surface area contributed by atoms with Gasteiger partial charge in [-0.1, -0.05) is 35.6 Å². The molecule has 1 amide bonds. The molecule has 25 heavy (non-hydrogen) atoms. The molecule has 0 fully saturated rings. The van der Waals surface area contributed by atoms with Crippen molar-refractivity contribution in [1.29, 1.82) is 0 Å². The third kappa shape index (κ3) is 3.07. The van der Waals surface area contributed by atoms with Crippen LogP contribution < -0.4 is 10.7 Å². The summed E-state index contributed by atoms with van der Waals surface area (Å²) in [6.07, 6.45) is 4.10. The van der Waals surface area contributed by atoms with E-state index in [1.807, 2.05) is 24.3 Å². The molecule has 0 unspecified atom stereocenters. The van der Waals surface area contributed by atoms with Crippen LogP contribution in [0.15, 0.2) is 70.1 Å². The maximum absolute atomic E-state index is 12.4. The largest absolute Gasteiger partial charge is 0.463 e. The number of hydrogen-bond donors (Lipinski definition) is 1. The molecule has 0 radical (unpaired) electrons. The number of anilines is 1. The Morgan fingerprint density at radius 1 is 1.12 bits per heavy atom. The van der Waals surface area contributed by atoms with E-state index in [0.29, 0.717) is 21.7 Å². The Bertz CT molecular complexity index is 1140. The Morgan fingerprint density at radius 3 is 2.80 bits per heavy atom. The number of nitrogens with one attached hydrogen (secondary N) is 1. The molecule has 2 heterocycles. The summed E-state index contributed by atoms with van der Waals surface area (Å²) in [6.45, 7) is 0. The first kappa shape index (κ1) is 15.3. The zero-order chi connectivity index (χ0) is 17.2. The number of nitrogens with zero attached hydrogens (tertiary/aromatic N) is 1. The molecular weight excluding hydrogens is 336 g/mol. The van der Waals surface area contributed by atoms with Crippen LogP contribution in [-0.4, -0.2) is 10.9 Å². The molecule has 5 nitrogen and oxygen atoms in total. The summed E-state index contributed by atoms with van der Waals surface area (Å²) in [5.41, 5.74) is 1.49. The second kappa shape index (κ2) is 6.33. The van der Waals surface area contributed by atoms with E-state index < -0.39 is 0 Å². The molecule has 1 N–H and O–H groups in total. The van der Waals surface area contributed by atoms with Crippen molar-refractivity contribution in [2.75, 3.05) is 5.32 Å². The van der Waals surface area contributed by atoms with Crippen LogP contribution in [0.2, 0.25) is 0 Å². The van der Waals surface area contributed by atoms with Gasteiger partial charge in [0.15, 0.2) is 10.6 Å².